The molecule has 25 heavy (non-hydrogen) atoms. The number of nitrogens with zero attached hydrogens (tertiary/aromatic N) is 4. The Labute approximate surface area is 149 Å². The summed E-state index contributed by atoms with van der Waals surface area (Å²) >= 11 is 1.62. The first-order chi connectivity index (χ1) is 12.0. The molecule has 0 aliphatic carbocycles. The molecule has 0 radical (unpaired) electrons. The van der Waals surface area contributed by atoms with Crippen LogP contribution >= 0.6 is 11.8 Å². The van der Waals surface area contributed by atoms with Crippen molar-refractivity contribution in [3.8, 4) is 0 Å². The van der Waals surface area contributed by atoms with Crippen LogP contribution in [0.2, 0.25) is 0 Å². The number of fused-ring (bicyclic) bond motifs is 1. The van der Waals surface area contributed by atoms with Crippen LogP contribution in [0.5, 0.6) is 0 Å². The maximum Gasteiger partial charge on any atom is 0.232 e. The Morgan fingerprint density at radius 1 is 1.28 bits per heavy atom. The van der Waals surface area contributed by atoms with Crippen LogP contribution in [-0.2, 0) is 16.1 Å². The highest BCUT2D eigenvalue weighted by Gasteiger charge is 2.36. The van der Waals surface area contributed by atoms with Crippen molar-refractivity contribution in [1.82, 2.24) is 14.8 Å². The fraction of sp³-hybridized carbons (Fsp3) is 0.412. The van der Waals surface area contributed by atoms with Crippen molar-refractivity contribution in [2.45, 2.75) is 32.0 Å². The van der Waals surface area contributed by atoms with Gasteiger partial charge in [-0.05, 0) is 37.1 Å². The van der Waals surface area contributed by atoms with Gasteiger partial charge in [0, 0.05) is 31.0 Å². The third-order valence-electron chi connectivity index (χ3n) is 4.80. The van der Waals surface area contributed by atoms with E-state index in [1.807, 2.05) is 36.6 Å². The number of carbonyl (C=O) groups is 2. The summed E-state index contributed by atoms with van der Waals surface area (Å²) in [7, 11) is 0. The maximum atomic E-state index is 12.6. The zero-order valence-electron chi connectivity index (χ0n) is 14.2. The molecule has 0 unspecified atom stereocenters. The number of thioether (sulfide) groups is 1. The van der Waals surface area contributed by atoms with Gasteiger partial charge < -0.3 is 4.90 Å². The molecule has 2 aliphatic heterocycles. The van der Waals surface area contributed by atoms with Crippen LogP contribution < -0.4 is 10.2 Å². The number of aryl methyl sites for hydroxylation is 2. The summed E-state index contributed by atoms with van der Waals surface area (Å²) in [6, 6.07) is 5.93. The van der Waals surface area contributed by atoms with E-state index in [0.717, 1.165) is 28.7 Å². The Bertz CT molecular complexity index is 863. The molecular formula is C17H19N5O2S. The SMILES string of the molecule is Cc1ccc(N2C[C@H](C(=O)Nc3nnc4n3CCS4)CC2=O)cc1C. The largest absolute Gasteiger partial charge is 0.312 e. The highest BCUT2D eigenvalue weighted by Crippen LogP contribution is 2.29. The standard InChI is InChI=1S/C17H19N5O2S/c1-10-3-4-13(7-11(10)2)22-9-12(8-14(22)23)15(24)18-16-19-20-17-21(16)5-6-25-17/h3-4,7,12H,5-6,8-9H2,1-2H3,(H,18,19,24)/t12-/m1/s1. The summed E-state index contributed by atoms with van der Waals surface area (Å²) in [6.45, 7) is 5.24. The van der Waals surface area contributed by atoms with Gasteiger partial charge in [-0.15, -0.1) is 10.2 Å². The monoisotopic (exact) mass is 357 g/mol. The van der Waals surface area contributed by atoms with Gasteiger partial charge in [0.15, 0.2) is 5.16 Å². The topological polar surface area (TPSA) is 80.1 Å². The zero-order valence-corrected chi connectivity index (χ0v) is 15.0. The molecule has 1 atom stereocenters. The zero-order chi connectivity index (χ0) is 17.6. The maximum absolute atomic E-state index is 12.6. The fourth-order valence-electron chi connectivity index (χ4n) is 3.16. The lowest BCUT2D eigenvalue weighted by atomic mass is 10.1. The van der Waals surface area contributed by atoms with E-state index < -0.39 is 0 Å². The van der Waals surface area contributed by atoms with Crippen LogP contribution in [0.1, 0.15) is 17.5 Å². The number of hydrogen-bond donors (Lipinski definition) is 1. The molecule has 1 saturated heterocycles. The lowest BCUT2D eigenvalue weighted by Gasteiger charge is -2.18. The van der Waals surface area contributed by atoms with E-state index in [4.69, 9.17) is 0 Å². The molecule has 0 saturated carbocycles. The third kappa shape index (κ3) is 2.90. The van der Waals surface area contributed by atoms with Gasteiger partial charge in [0.2, 0.25) is 17.8 Å². The van der Waals surface area contributed by atoms with Crippen molar-refractivity contribution in [3.05, 3.63) is 29.3 Å². The minimum absolute atomic E-state index is 0.0227. The number of hydrogen-bond acceptors (Lipinski definition) is 5. The average molecular weight is 357 g/mol. The average Bonchev–Trinajstić information content (AvgIpc) is 3.27. The van der Waals surface area contributed by atoms with E-state index in [1.54, 1.807) is 16.7 Å². The van der Waals surface area contributed by atoms with Crippen molar-refractivity contribution < 1.29 is 9.59 Å². The predicted molar refractivity (Wildman–Crippen MR) is 95.8 cm³/mol. The van der Waals surface area contributed by atoms with Crippen LogP contribution in [0, 0.1) is 19.8 Å². The summed E-state index contributed by atoms with van der Waals surface area (Å²) in [5, 5.41) is 11.7. The lowest BCUT2D eigenvalue weighted by molar-refractivity contribution is -0.122. The molecule has 8 heteroatoms. The van der Waals surface area contributed by atoms with Gasteiger partial charge in [-0.3, -0.25) is 19.5 Å². The molecule has 1 aromatic heterocycles. The molecule has 0 bridgehead atoms. The fourth-order valence-corrected chi connectivity index (χ4v) is 4.04. The van der Waals surface area contributed by atoms with E-state index >= 15 is 0 Å². The second-order valence-corrected chi connectivity index (χ2v) is 7.53. The summed E-state index contributed by atoms with van der Waals surface area (Å²) < 4.78 is 1.90. The van der Waals surface area contributed by atoms with Gasteiger partial charge in [0.05, 0.1) is 5.92 Å². The quantitative estimate of drug-likeness (QED) is 0.909. The Morgan fingerprint density at radius 3 is 2.92 bits per heavy atom. The summed E-state index contributed by atoms with van der Waals surface area (Å²) in [5.74, 6) is 0.839. The first-order valence-electron chi connectivity index (χ1n) is 8.27. The van der Waals surface area contributed by atoms with Crippen molar-refractivity contribution in [3.63, 3.8) is 0 Å². The molecular weight excluding hydrogens is 338 g/mol. The number of amides is 2. The van der Waals surface area contributed by atoms with Gasteiger partial charge in [0.1, 0.15) is 0 Å². The third-order valence-corrected chi connectivity index (χ3v) is 5.74. The van der Waals surface area contributed by atoms with Crippen molar-refractivity contribution in [2.75, 3.05) is 22.5 Å². The van der Waals surface area contributed by atoms with E-state index in [-0.39, 0.29) is 24.2 Å². The number of nitrogens with one attached hydrogen (secondary N) is 1. The summed E-state index contributed by atoms with van der Waals surface area (Å²) in [5.41, 5.74) is 3.17. The van der Waals surface area contributed by atoms with Gasteiger partial charge in [-0.1, -0.05) is 17.8 Å². The molecule has 0 spiro atoms. The highest BCUT2D eigenvalue weighted by atomic mass is 32.2. The molecule has 3 heterocycles. The first kappa shape index (κ1) is 16.1. The van der Waals surface area contributed by atoms with Crippen LogP contribution in [-0.4, -0.2) is 38.9 Å². The molecule has 7 nitrogen and oxygen atoms in total. The molecule has 2 amide bonds. The first-order valence-corrected chi connectivity index (χ1v) is 9.26. The van der Waals surface area contributed by atoms with Crippen LogP contribution in [0.15, 0.2) is 23.4 Å². The second-order valence-electron chi connectivity index (χ2n) is 6.47. The number of benzene rings is 1. The molecule has 1 aromatic carbocycles. The Hall–Kier alpha value is -2.35. The van der Waals surface area contributed by atoms with Gasteiger partial charge in [-0.2, -0.15) is 0 Å². The van der Waals surface area contributed by atoms with Crippen molar-refractivity contribution >= 4 is 35.2 Å². The van der Waals surface area contributed by atoms with E-state index in [1.165, 1.54) is 5.56 Å². The van der Waals surface area contributed by atoms with E-state index in [9.17, 15) is 9.59 Å². The Kier molecular flexibility index (Phi) is 3.99. The number of rotatable bonds is 3. The molecule has 1 N–H and O–H groups in total. The normalized spacial score (nSPS) is 19.4. The van der Waals surface area contributed by atoms with Gasteiger partial charge in [0.25, 0.3) is 0 Å². The minimum atomic E-state index is -0.379. The van der Waals surface area contributed by atoms with Crippen LogP contribution in [0.4, 0.5) is 11.6 Å². The molecule has 2 aliphatic rings. The van der Waals surface area contributed by atoms with E-state index in [0.29, 0.717) is 12.5 Å². The number of aromatic nitrogens is 3. The molecule has 1 fully saturated rings. The smallest absolute Gasteiger partial charge is 0.232 e. The van der Waals surface area contributed by atoms with E-state index in [2.05, 4.69) is 15.5 Å². The summed E-state index contributed by atoms with van der Waals surface area (Å²) in [4.78, 5) is 26.7. The Balaban J connectivity index is 1.47. The molecule has 4 rings (SSSR count). The lowest BCUT2D eigenvalue weighted by Crippen LogP contribution is -2.29. The predicted octanol–water partition coefficient (Wildman–Crippen LogP) is 1.99. The van der Waals surface area contributed by atoms with Crippen molar-refractivity contribution in [1.29, 1.82) is 0 Å². The van der Waals surface area contributed by atoms with Crippen LogP contribution in [0.3, 0.4) is 0 Å². The van der Waals surface area contributed by atoms with Crippen molar-refractivity contribution in [2.24, 2.45) is 5.92 Å². The van der Waals surface area contributed by atoms with Gasteiger partial charge >= 0.3 is 0 Å². The molecule has 130 valence electrons. The number of carbonyl (C=O) groups excluding carboxylic acids is 2. The summed E-state index contributed by atoms with van der Waals surface area (Å²) in [6.07, 6.45) is 0.217. The Morgan fingerprint density at radius 2 is 2.12 bits per heavy atom. The van der Waals surface area contributed by atoms with Crippen LogP contribution in [0.25, 0.3) is 0 Å². The highest BCUT2D eigenvalue weighted by molar-refractivity contribution is 7.99. The van der Waals surface area contributed by atoms with Gasteiger partial charge in [-0.25, -0.2) is 0 Å². The second kappa shape index (κ2) is 6.18. The number of anilines is 2. The minimum Gasteiger partial charge on any atom is -0.312 e. The molecule has 2 aromatic rings.